The van der Waals surface area contributed by atoms with Gasteiger partial charge in [-0.3, -0.25) is 4.99 Å². The molecule has 5 nitrogen and oxygen atoms in total. The van der Waals surface area contributed by atoms with Crippen LogP contribution in [0.1, 0.15) is 45.1 Å². The molecule has 1 aliphatic carbocycles. The molecule has 1 heterocycles. The van der Waals surface area contributed by atoms with Crippen molar-refractivity contribution in [2.75, 3.05) is 26.8 Å². The van der Waals surface area contributed by atoms with Crippen molar-refractivity contribution in [2.45, 2.75) is 51.0 Å². The first-order valence-corrected chi connectivity index (χ1v) is 9.00. The molecule has 0 aromatic heterocycles. The van der Waals surface area contributed by atoms with Crippen LogP contribution in [-0.2, 0) is 5.41 Å². The topological polar surface area (TPSA) is 54.9 Å². The maximum absolute atomic E-state index is 5.79. The largest absolute Gasteiger partial charge is 0.486 e. The summed E-state index contributed by atoms with van der Waals surface area (Å²) in [6, 6.07) is 6.81. The van der Waals surface area contributed by atoms with Gasteiger partial charge in [0.2, 0.25) is 0 Å². The zero-order valence-electron chi connectivity index (χ0n) is 15.0. The summed E-state index contributed by atoms with van der Waals surface area (Å²) in [5.74, 6) is 2.62. The van der Waals surface area contributed by atoms with Gasteiger partial charge in [0.15, 0.2) is 17.5 Å². The Morgan fingerprint density at radius 3 is 2.54 bits per heavy atom. The fourth-order valence-electron chi connectivity index (χ4n) is 3.71. The second kappa shape index (κ2) is 7.32. The molecular weight excluding hydrogens is 302 g/mol. The number of aliphatic imine (C=N–C) groups is 1. The van der Waals surface area contributed by atoms with Gasteiger partial charge < -0.3 is 20.1 Å². The number of ether oxygens (including phenoxy) is 2. The van der Waals surface area contributed by atoms with Gasteiger partial charge in [-0.2, -0.15) is 0 Å². The third kappa shape index (κ3) is 3.60. The number of rotatable bonds is 4. The van der Waals surface area contributed by atoms with Gasteiger partial charge in [-0.05, 0) is 44.4 Å². The molecule has 2 aliphatic rings. The molecule has 0 spiro atoms. The molecule has 5 heteroatoms. The highest BCUT2D eigenvalue weighted by Crippen LogP contribution is 2.43. The zero-order chi connectivity index (χ0) is 17.0. The second-order valence-corrected chi connectivity index (χ2v) is 7.07. The summed E-state index contributed by atoms with van der Waals surface area (Å²) in [4.78, 5) is 4.33. The third-order valence-corrected chi connectivity index (χ3v) is 4.96. The van der Waals surface area contributed by atoms with E-state index >= 15 is 0 Å². The average molecular weight is 331 g/mol. The van der Waals surface area contributed by atoms with Crippen molar-refractivity contribution in [2.24, 2.45) is 4.99 Å². The molecule has 0 amide bonds. The van der Waals surface area contributed by atoms with Gasteiger partial charge in [0, 0.05) is 25.0 Å². The fraction of sp³-hybridized carbons (Fsp3) is 0.632. The number of nitrogens with zero attached hydrogens (tertiary/aromatic N) is 1. The molecule has 3 rings (SSSR count). The highest BCUT2D eigenvalue weighted by atomic mass is 16.6. The number of hydrogen-bond acceptors (Lipinski definition) is 3. The van der Waals surface area contributed by atoms with Crippen molar-refractivity contribution in [3.63, 3.8) is 0 Å². The first-order valence-electron chi connectivity index (χ1n) is 9.00. The van der Waals surface area contributed by atoms with E-state index in [1.165, 1.54) is 31.2 Å². The van der Waals surface area contributed by atoms with Gasteiger partial charge in [-0.25, -0.2) is 0 Å². The summed E-state index contributed by atoms with van der Waals surface area (Å²) < 4.78 is 11.5. The molecule has 1 aromatic rings. The summed E-state index contributed by atoms with van der Waals surface area (Å²) in [5, 5.41) is 6.90. The Balaban J connectivity index is 1.78. The summed E-state index contributed by atoms with van der Waals surface area (Å²) in [6.45, 7) is 6.40. The summed E-state index contributed by atoms with van der Waals surface area (Å²) >= 11 is 0. The fourth-order valence-corrected chi connectivity index (χ4v) is 3.71. The quantitative estimate of drug-likeness (QED) is 0.658. The van der Waals surface area contributed by atoms with E-state index in [0.717, 1.165) is 24.0 Å². The third-order valence-electron chi connectivity index (χ3n) is 4.96. The molecule has 2 N–H and O–H groups in total. The molecule has 1 fully saturated rings. The van der Waals surface area contributed by atoms with Gasteiger partial charge >= 0.3 is 0 Å². The van der Waals surface area contributed by atoms with E-state index in [1.54, 1.807) is 0 Å². The minimum absolute atomic E-state index is 0.143. The van der Waals surface area contributed by atoms with Crippen molar-refractivity contribution >= 4 is 5.96 Å². The van der Waals surface area contributed by atoms with E-state index in [-0.39, 0.29) is 5.41 Å². The van der Waals surface area contributed by atoms with Gasteiger partial charge in [0.05, 0.1) is 0 Å². The Morgan fingerprint density at radius 2 is 1.88 bits per heavy atom. The number of guanidine groups is 1. The van der Waals surface area contributed by atoms with Crippen molar-refractivity contribution in [1.82, 2.24) is 10.6 Å². The maximum Gasteiger partial charge on any atom is 0.191 e. The van der Waals surface area contributed by atoms with Crippen LogP contribution in [0.2, 0.25) is 0 Å². The van der Waals surface area contributed by atoms with E-state index in [0.29, 0.717) is 19.3 Å². The van der Waals surface area contributed by atoms with E-state index in [9.17, 15) is 0 Å². The average Bonchev–Trinajstić information content (AvgIpc) is 3.08. The molecule has 1 saturated carbocycles. The molecule has 0 radical (unpaired) electrons. The molecule has 0 atom stereocenters. The number of hydrogen-bond donors (Lipinski definition) is 2. The van der Waals surface area contributed by atoms with Crippen molar-refractivity contribution in [1.29, 1.82) is 0 Å². The zero-order valence-corrected chi connectivity index (χ0v) is 15.0. The highest BCUT2D eigenvalue weighted by molar-refractivity contribution is 5.80. The van der Waals surface area contributed by atoms with Crippen molar-refractivity contribution in [3.8, 4) is 11.5 Å². The summed E-state index contributed by atoms with van der Waals surface area (Å²) in [5.41, 5.74) is 1.49. The SMILES string of the molecule is CN=C(NCC1(c2ccc3c(c2)OCCO3)CCCC1)NC(C)C. The standard InChI is InChI=1S/C19H29N3O2/c1-14(2)22-18(20-3)21-13-19(8-4-5-9-19)15-6-7-16-17(12-15)24-11-10-23-16/h6-7,12,14H,4-5,8-11,13H2,1-3H3,(H2,20,21,22). The van der Waals surface area contributed by atoms with E-state index in [4.69, 9.17) is 9.47 Å². The molecule has 0 bridgehead atoms. The smallest absolute Gasteiger partial charge is 0.191 e. The lowest BCUT2D eigenvalue weighted by Gasteiger charge is -2.32. The predicted molar refractivity (Wildman–Crippen MR) is 97.2 cm³/mol. The molecule has 132 valence electrons. The summed E-state index contributed by atoms with van der Waals surface area (Å²) in [7, 11) is 1.82. The normalized spacial score (nSPS) is 19.4. The first-order chi connectivity index (χ1) is 11.6. The van der Waals surface area contributed by atoms with Gasteiger partial charge in [-0.15, -0.1) is 0 Å². The van der Waals surface area contributed by atoms with Crippen LogP contribution in [0, 0.1) is 0 Å². The maximum atomic E-state index is 5.79. The lowest BCUT2D eigenvalue weighted by Crippen LogP contribution is -2.46. The minimum Gasteiger partial charge on any atom is -0.486 e. The molecule has 24 heavy (non-hydrogen) atoms. The number of benzene rings is 1. The van der Waals surface area contributed by atoms with Crippen molar-refractivity contribution in [3.05, 3.63) is 23.8 Å². The van der Waals surface area contributed by atoms with Crippen LogP contribution in [0.5, 0.6) is 11.5 Å². The second-order valence-electron chi connectivity index (χ2n) is 7.07. The molecular formula is C19H29N3O2. The Labute approximate surface area is 144 Å². The minimum atomic E-state index is 0.143. The number of fused-ring (bicyclic) bond motifs is 1. The Kier molecular flexibility index (Phi) is 5.17. The van der Waals surface area contributed by atoms with Gasteiger partial charge in [0.1, 0.15) is 13.2 Å². The lowest BCUT2D eigenvalue weighted by atomic mass is 9.78. The van der Waals surface area contributed by atoms with Crippen LogP contribution in [0.15, 0.2) is 23.2 Å². The Morgan fingerprint density at radius 1 is 1.17 bits per heavy atom. The van der Waals surface area contributed by atoms with Crippen molar-refractivity contribution < 1.29 is 9.47 Å². The first kappa shape index (κ1) is 16.9. The van der Waals surface area contributed by atoms with Gasteiger partial charge in [0.25, 0.3) is 0 Å². The molecule has 1 aliphatic heterocycles. The predicted octanol–water partition coefficient (Wildman–Crippen LogP) is 2.84. The molecule has 1 aromatic carbocycles. The molecule has 0 saturated heterocycles. The van der Waals surface area contributed by atoms with Crippen LogP contribution in [0.4, 0.5) is 0 Å². The Hall–Kier alpha value is -1.91. The van der Waals surface area contributed by atoms with Crippen LogP contribution in [-0.4, -0.2) is 38.8 Å². The van der Waals surface area contributed by atoms with Crippen LogP contribution in [0.25, 0.3) is 0 Å². The highest BCUT2D eigenvalue weighted by Gasteiger charge is 2.36. The van der Waals surface area contributed by atoms with E-state index < -0.39 is 0 Å². The number of nitrogens with one attached hydrogen (secondary N) is 2. The van der Waals surface area contributed by atoms with E-state index in [2.05, 4.69) is 47.7 Å². The van der Waals surface area contributed by atoms with Crippen LogP contribution in [0.3, 0.4) is 0 Å². The van der Waals surface area contributed by atoms with Crippen LogP contribution >= 0.6 is 0 Å². The Bertz CT molecular complexity index is 592. The lowest BCUT2D eigenvalue weighted by molar-refractivity contribution is 0.171. The van der Waals surface area contributed by atoms with E-state index in [1.807, 2.05) is 7.05 Å². The van der Waals surface area contributed by atoms with Gasteiger partial charge in [-0.1, -0.05) is 18.9 Å². The monoisotopic (exact) mass is 331 g/mol. The van der Waals surface area contributed by atoms with Crippen LogP contribution < -0.4 is 20.1 Å². The molecule has 0 unspecified atom stereocenters. The summed E-state index contributed by atoms with van der Waals surface area (Å²) in [6.07, 6.45) is 4.93.